The number of hydrogen-bond donors (Lipinski definition) is 1. The minimum absolute atomic E-state index is 0.0592. The Morgan fingerprint density at radius 2 is 2.03 bits per heavy atom. The molecule has 4 aliphatic rings. The van der Waals surface area contributed by atoms with Crippen LogP contribution in [0.5, 0.6) is 0 Å². The summed E-state index contributed by atoms with van der Waals surface area (Å²) in [6.07, 6.45) is -2.17. The highest BCUT2D eigenvalue weighted by molar-refractivity contribution is 6.05. The van der Waals surface area contributed by atoms with Crippen molar-refractivity contribution in [2.24, 2.45) is 15.6 Å². The number of carbonyl (C=O) groups is 2. The lowest BCUT2D eigenvalue weighted by molar-refractivity contribution is -0.139. The smallest absolute Gasteiger partial charge is 0.362 e. The summed E-state index contributed by atoms with van der Waals surface area (Å²) in [5, 5.41) is 11.5. The highest BCUT2D eigenvalue weighted by Gasteiger charge is 2.57. The van der Waals surface area contributed by atoms with E-state index in [4.69, 9.17) is 0 Å². The summed E-state index contributed by atoms with van der Waals surface area (Å²) in [7, 11) is 1.73. The highest BCUT2D eigenvalue weighted by Crippen LogP contribution is 2.55. The van der Waals surface area contributed by atoms with Gasteiger partial charge in [-0.1, -0.05) is 25.1 Å². The van der Waals surface area contributed by atoms with Crippen molar-refractivity contribution in [3.8, 4) is 0 Å². The molecule has 6 nitrogen and oxygen atoms in total. The van der Waals surface area contributed by atoms with E-state index in [0.29, 0.717) is 48.2 Å². The molecule has 1 N–H and O–H groups in total. The van der Waals surface area contributed by atoms with Crippen molar-refractivity contribution in [1.29, 1.82) is 0 Å². The van der Waals surface area contributed by atoms with Gasteiger partial charge in [0, 0.05) is 43.3 Å². The number of hydrogen-bond acceptors (Lipinski definition) is 5. The van der Waals surface area contributed by atoms with E-state index in [0.717, 1.165) is 12.1 Å². The Bertz CT molecular complexity index is 1120. The Kier molecular flexibility index (Phi) is 4.42. The molecule has 1 spiro atoms. The molecule has 1 fully saturated rings. The molecule has 1 amide bonds. The largest absolute Gasteiger partial charge is 0.416 e. The van der Waals surface area contributed by atoms with Crippen LogP contribution in [-0.2, 0) is 21.2 Å². The van der Waals surface area contributed by atoms with E-state index in [1.807, 2.05) is 6.92 Å². The normalized spacial score (nSPS) is 31.7. The van der Waals surface area contributed by atoms with Crippen molar-refractivity contribution in [2.45, 2.75) is 50.4 Å². The number of azo groups is 1. The van der Waals surface area contributed by atoms with Crippen LogP contribution in [0.3, 0.4) is 0 Å². The number of allylic oxidation sites excluding steroid dienone is 2. The first-order valence-corrected chi connectivity index (χ1v) is 10.7. The average molecular weight is 444 g/mol. The number of carbonyl (C=O) groups excluding carboxylic acids is 2. The molecule has 1 saturated heterocycles. The van der Waals surface area contributed by atoms with Crippen LogP contribution in [-0.4, -0.2) is 36.3 Å². The zero-order chi connectivity index (χ0) is 22.9. The maximum Gasteiger partial charge on any atom is 0.416 e. The highest BCUT2D eigenvalue weighted by atomic mass is 19.4. The third kappa shape index (κ3) is 2.72. The standard InChI is InChI=1S/C23H23F3N4O2/c1-3-22(13-5-4-6-14(9-13)23(24,25)26)15-12-27-29-19(15)28-16-10-21(11-17(31)18(16)22)7-8-30(2)20(21)32/h4-6,9,12,19,28H,3,7-8,10-11H2,1-2H3/t19?,21-,22-/m0/s1. The number of Topliss-reactive ketones (excluding diaryl/α,β-unsaturated/α-hetero) is 1. The summed E-state index contributed by atoms with van der Waals surface area (Å²) in [5.74, 6) is -0.261. The fourth-order valence-electron chi connectivity index (χ4n) is 5.91. The van der Waals surface area contributed by atoms with Crippen molar-refractivity contribution in [1.82, 2.24) is 10.2 Å². The van der Waals surface area contributed by atoms with Crippen molar-refractivity contribution in [3.05, 3.63) is 58.4 Å². The van der Waals surface area contributed by atoms with E-state index in [1.54, 1.807) is 24.2 Å². The van der Waals surface area contributed by atoms with Crippen LogP contribution >= 0.6 is 0 Å². The van der Waals surface area contributed by atoms with E-state index in [2.05, 4.69) is 15.5 Å². The second-order valence-electron chi connectivity index (χ2n) is 9.09. The number of amides is 1. The fraction of sp³-hybridized carbons (Fsp3) is 0.478. The van der Waals surface area contributed by atoms with Crippen LogP contribution in [0.15, 0.2) is 57.5 Å². The first-order valence-electron chi connectivity index (χ1n) is 10.7. The Labute approximate surface area is 183 Å². The molecule has 32 heavy (non-hydrogen) atoms. The van der Waals surface area contributed by atoms with Crippen LogP contribution in [0.1, 0.15) is 43.7 Å². The van der Waals surface area contributed by atoms with E-state index >= 15 is 0 Å². The van der Waals surface area contributed by atoms with Crippen LogP contribution in [0.4, 0.5) is 13.2 Å². The molecule has 0 saturated carbocycles. The van der Waals surface area contributed by atoms with Gasteiger partial charge in [0.05, 0.1) is 22.6 Å². The predicted octanol–water partition coefficient (Wildman–Crippen LogP) is 4.10. The molecule has 1 aromatic carbocycles. The van der Waals surface area contributed by atoms with E-state index in [1.165, 1.54) is 6.07 Å². The van der Waals surface area contributed by atoms with Crippen LogP contribution < -0.4 is 5.32 Å². The molecule has 168 valence electrons. The number of fused-ring (bicyclic) bond motifs is 1. The van der Waals surface area contributed by atoms with Gasteiger partial charge in [0.25, 0.3) is 0 Å². The second-order valence-corrected chi connectivity index (χ2v) is 9.09. The number of likely N-dealkylation sites (tertiary alicyclic amines) is 1. The third-order valence-electron chi connectivity index (χ3n) is 7.44. The van der Waals surface area contributed by atoms with Crippen molar-refractivity contribution in [3.63, 3.8) is 0 Å². The van der Waals surface area contributed by atoms with Crippen molar-refractivity contribution in [2.75, 3.05) is 13.6 Å². The Morgan fingerprint density at radius 1 is 1.25 bits per heavy atom. The molecule has 0 radical (unpaired) electrons. The number of nitrogens with zero attached hydrogens (tertiary/aromatic N) is 3. The quantitative estimate of drug-likeness (QED) is 0.747. The molecule has 3 heterocycles. The average Bonchev–Trinajstić information content (AvgIpc) is 3.32. The van der Waals surface area contributed by atoms with Gasteiger partial charge >= 0.3 is 6.18 Å². The summed E-state index contributed by atoms with van der Waals surface area (Å²) in [5.41, 5.74) is -0.539. The summed E-state index contributed by atoms with van der Waals surface area (Å²) in [6.45, 7) is 2.44. The monoisotopic (exact) mass is 444 g/mol. The molecule has 3 atom stereocenters. The van der Waals surface area contributed by atoms with E-state index < -0.39 is 28.7 Å². The van der Waals surface area contributed by atoms with Gasteiger partial charge in [-0.2, -0.15) is 23.4 Å². The lowest BCUT2D eigenvalue weighted by atomic mass is 9.58. The van der Waals surface area contributed by atoms with Gasteiger partial charge in [0.2, 0.25) is 5.91 Å². The Balaban J connectivity index is 1.72. The van der Waals surface area contributed by atoms with Gasteiger partial charge < -0.3 is 10.2 Å². The molecule has 1 aliphatic carbocycles. The Hall–Kier alpha value is -2.97. The third-order valence-corrected chi connectivity index (χ3v) is 7.44. The summed E-state index contributed by atoms with van der Waals surface area (Å²) < 4.78 is 40.6. The lowest BCUT2D eigenvalue weighted by Crippen LogP contribution is -2.53. The number of halogens is 3. The lowest BCUT2D eigenvalue weighted by Gasteiger charge is -2.48. The molecule has 5 rings (SSSR count). The predicted molar refractivity (Wildman–Crippen MR) is 109 cm³/mol. The molecule has 0 bridgehead atoms. The summed E-state index contributed by atoms with van der Waals surface area (Å²) in [6, 6.07) is 5.17. The number of nitrogens with one attached hydrogen (secondary N) is 1. The molecule has 0 aromatic heterocycles. The van der Waals surface area contributed by atoms with Gasteiger partial charge in [-0.05, 0) is 24.5 Å². The topological polar surface area (TPSA) is 74.1 Å². The van der Waals surface area contributed by atoms with Gasteiger partial charge in [-0.3, -0.25) is 9.59 Å². The summed E-state index contributed by atoms with van der Waals surface area (Å²) >= 11 is 0. The Morgan fingerprint density at radius 3 is 2.69 bits per heavy atom. The molecule has 1 aromatic rings. The van der Waals surface area contributed by atoms with Crippen molar-refractivity contribution >= 4 is 11.7 Å². The first-order chi connectivity index (χ1) is 15.1. The number of ketones is 1. The zero-order valence-electron chi connectivity index (χ0n) is 17.8. The fourth-order valence-corrected chi connectivity index (χ4v) is 5.91. The first kappa shape index (κ1) is 20.9. The van der Waals surface area contributed by atoms with E-state index in [9.17, 15) is 22.8 Å². The van der Waals surface area contributed by atoms with Gasteiger partial charge in [-0.15, -0.1) is 0 Å². The SMILES string of the molecule is CC[C@]1(c2cccc(C(F)(F)F)c2)C2=CN=NC2NC2=C1C(=O)C[C@]1(CCN(C)C1=O)C2. The van der Waals surface area contributed by atoms with Crippen molar-refractivity contribution < 1.29 is 22.8 Å². The molecular weight excluding hydrogens is 421 g/mol. The minimum atomic E-state index is -4.51. The summed E-state index contributed by atoms with van der Waals surface area (Å²) in [4.78, 5) is 28.3. The van der Waals surface area contributed by atoms with Gasteiger partial charge in [-0.25, -0.2) is 0 Å². The maximum absolute atomic E-state index is 13.7. The number of alkyl halides is 3. The minimum Gasteiger partial charge on any atom is -0.362 e. The molecule has 1 unspecified atom stereocenters. The van der Waals surface area contributed by atoms with Gasteiger partial charge in [0.1, 0.15) is 0 Å². The maximum atomic E-state index is 13.7. The molecule has 9 heteroatoms. The second kappa shape index (κ2) is 6.76. The number of benzene rings is 1. The van der Waals surface area contributed by atoms with Gasteiger partial charge in [0.15, 0.2) is 11.9 Å². The van der Waals surface area contributed by atoms with Crippen LogP contribution in [0.2, 0.25) is 0 Å². The molecular formula is C23H23F3N4O2. The van der Waals surface area contributed by atoms with Crippen LogP contribution in [0.25, 0.3) is 0 Å². The number of rotatable bonds is 2. The molecule has 3 aliphatic heterocycles. The zero-order valence-corrected chi connectivity index (χ0v) is 17.8. The van der Waals surface area contributed by atoms with E-state index in [-0.39, 0.29) is 18.1 Å². The van der Waals surface area contributed by atoms with Crippen LogP contribution in [0, 0.1) is 5.41 Å².